The summed E-state index contributed by atoms with van der Waals surface area (Å²) in [6.07, 6.45) is -28.3. The first-order valence-electron chi connectivity index (χ1n) is 38.5. The van der Waals surface area contributed by atoms with Gasteiger partial charge in [-0.05, 0) is 86.6 Å². The highest BCUT2D eigenvalue weighted by atomic mass is 128. The van der Waals surface area contributed by atoms with Crippen LogP contribution in [0.15, 0.2) is 118 Å². The van der Waals surface area contributed by atoms with E-state index in [0.717, 1.165) is 52.3 Å². The first-order valence-corrected chi connectivity index (χ1v) is 46.4. The molecule has 14 rings (SSSR count). The van der Waals surface area contributed by atoms with Crippen molar-refractivity contribution in [3.05, 3.63) is 140 Å². The Hall–Kier alpha value is -6.92. The number of fused-ring (bicyclic) bond motifs is 9. The lowest BCUT2D eigenvalue weighted by Gasteiger charge is -2.37. The Kier molecular flexibility index (Phi) is 43.1. The van der Waals surface area contributed by atoms with Crippen molar-refractivity contribution in [1.82, 2.24) is 13.7 Å². The molecule has 25 atom stereocenters. The van der Waals surface area contributed by atoms with Crippen LogP contribution in [0.5, 0.6) is 0 Å². The van der Waals surface area contributed by atoms with E-state index < -0.39 is 204 Å². The van der Waals surface area contributed by atoms with Crippen LogP contribution in [0.3, 0.4) is 0 Å². The molecule has 8 heterocycles. The molecule has 5 aliphatic heterocycles. The van der Waals surface area contributed by atoms with Crippen molar-refractivity contribution in [2.24, 2.45) is 0 Å². The molecule has 5 saturated heterocycles. The number of carbonyl (C=O) groups excluding carboxylic acids is 2. The third kappa shape index (κ3) is 25.1. The van der Waals surface area contributed by atoms with Crippen molar-refractivity contribution in [2.45, 2.75) is 208 Å². The third-order valence-corrected chi connectivity index (χ3v) is 22.1. The average Bonchev–Trinajstić information content (AvgIpc) is 1.59. The lowest BCUT2D eigenvalue weighted by molar-refractivity contribution is -0.214. The van der Waals surface area contributed by atoms with E-state index in [1.165, 1.54) is 0 Å². The van der Waals surface area contributed by atoms with E-state index in [0.29, 0.717) is 50.9 Å². The number of carboxylic acid groups (broad SMARTS) is 1. The summed E-state index contributed by atoms with van der Waals surface area (Å²) in [6, 6.07) is 33.0. The van der Waals surface area contributed by atoms with Gasteiger partial charge in [0, 0.05) is 101 Å². The minimum Gasteiger partial charge on any atom is -0.480 e. The maximum absolute atomic E-state index is 12.6. The summed E-state index contributed by atoms with van der Waals surface area (Å²) in [7, 11) is 0. The number of aromatic nitrogens is 3. The predicted molar refractivity (Wildman–Crippen MR) is 503 cm³/mol. The molecule has 696 valence electrons. The highest BCUT2D eigenvalue weighted by molar-refractivity contribution is 15.0. The van der Waals surface area contributed by atoms with E-state index >= 15 is 0 Å². The number of hydrogen-bond acceptors (Lipinski definition) is 30. The number of rotatable bonds is 13. The Balaban J connectivity index is 0.000000281. The van der Waals surface area contributed by atoms with Crippen LogP contribution < -0.4 is 0 Å². The smallest absolute Gasteiger partial charge is 0.325 e. The SMILES string of the molecule is C.C.C.C#C[C@H]1O[C@H](CO)[C@@H](O)[C@H](O)[C@@H]1O.CCOC(=O)Cn1c2cc(Br)ccc2c2ccc(Br)cc21.CCOC(=O)Cn1c2cc(C#C[C@H]3O[C@H](CO)[C@@H](O)[C@H](O)[C@@H]3O)ccc2c2ccc(C#C[C@H]3O[C@H](CO)[C@@H](O)[C@H](O)[C@@H]3O)cc21.I.II.O=C(O)Cn1c2cc(C#C[C@H]3O[C@H](CO)[C@@H](O)[C@H](O)[C@@H]3O)ccc2c2ccc(C#C[C@H]3O[C@H](CO)[C@@H](O)[C@H](O)[C@@H]3O)cc21. The number of benzene rings is 6. The zero-order chi connectivity index (χ0) is 90.4. The number of halogens is 5. The van der Waals surface area contributed by atoms with Gasteiger partial charge >= 0.3 is 17.9 Å². The molecule has 21 N–H and O–H groups in total. The lowest BCUT2D eigenvalue weighted by Crippen LogP contribution is -2.58. The van der Waals surface area contributed by atoms with Gasteiger partial charge in [0.2, 0.25) is 0 Å². The van der Waals surface area contributed by atoms with E-state index in [1.54, 1.807) is 76.7 Å². The van der Waals surface area contributed by atoms with E-state index in [2.05, 4.69) is 135 Å². The van der Waals surface area contributed by atoms with Gasteiger partial charge in [0.25, 0.3) is 0 Å². The number of aliphatic hydroxyl groups is 20. The standard InChI is InChI=1S/C32H35NO12.C30H31NO12.C16H13Br2NO2.C8H12O5.3CH4.I2.HI/c1-2-43-26(36)13-33-20-11-16(5-9-22-27(37)31(41)29(39)24(14-34)44-22)3-7-18(20)19-8-4-17(12-21(19)33)6-10-23-28(38)32(42)30(40)25(15-35)45-23;32-12-22-27(38)29(40)25(36)20(42-22)7-3-14-1-5-16-17-6-2-15(10-19(17)31(11-24(34)35)18(16)9-14)4-8-21-26(37)30(41)28(39)23(13-33)43-21;1-2-21-16(20)9-19-14-7-10(17)3-5-12(14)13-6-4-11(18)8-15(13)19;1-2-4-6(10)8(12)7(11)5(3-9)13-4;;;;1-2;/h3-4,7-8,11-12,22-25,27-32,34-35,37-42H,2,13-15H2,1H3;1-2,5-6,9-10,20-23,25-30,32-33,36-41H,11-13H2,(H,34,35);3-8H,2,9H2,1H3;1,4-12H,3H2;3*1H4;;1H/t22-,23-,24-,25-,27-,28-,29-,30-,31-,32-;20-,21-,22-,23-,25-,26-,27-,28-,29-,30-;;4-,5-,6-,7-,8-;;;;;/m11.1...../s1. The van der Waals surface area contributed by atoms with Crippen LogP contribution in [0.4, 0.5) is 0 Å². The van der Waals surface area contributed by atoms with Gasteiger partial charge in [0.15, 0.2) is 0 Å². The zero-order valence-corrected chi connectivity index (χ0v) is 76.0. The fourth-order valence-corrected chi connectivity index (χ4v) is 15.3. The molecule has 34 nitrogen and oxygen atoms in total. The number of aliphatic hydroxyl groups excluding tert-OH is 20. The molecule has 5 fully saturated rings. The van der Waals surface area contributed by atoms with E-state index in [9.17, 15) is 117 Å². The van der Waals surface area contributed by atoms with Gasteiger partial charge in [-0.25, -0.2) is 0 Å². The fourth-order valence-electron chi connectivity index (χ4n) is 14.6. The monoisotopic (exact) mass is 2250 g/mol. The molecular weight excluding hydrogens is 2150 g/mol. The maximum atomic E-state index is 12.6. The van der Waals surface area contributed by atoms with Gasteiger partial charge in [-0.3, -0.25) is 14.4 Å². The van der Waals surface area contributed by atoms with Crippen molar-refractivity contribution in [2.75, 3.05) is 46.2 Å². The normalized spacial score (nSPS) is 28.6. The number of carbonyl (C=O) groups is 3. The molecule has 0 unspecified atom stereocenters. The van der Waals surface area contributed by atoms with Crippen molar-refractivity contribution in [1.29, 1.82) is 0 Å². The number of nitrogens with zero attached hydrogens (tertiary/aromatic N) is 3. The van der Waals surface area contributed by atoms with Gasteiger partial charge in [-0.15, -0.1) is 30.4 Å². The predicted octanol–water partition coefficient (Wildman–Crippen LogP) is 1.65. The second kappa shape index (κ2) is 50.2. The quantitative estimate of drug-likeness (QED) is 0.0443. The van der Waals surface area contributed by atoms with Crippen LogP contribution >= 0.6 is 93.1 Å². The van der Waals surface area contributed by atoms with Gasteiger partial charge in [-0.2, -0.15) is 0 Å². The molecule has 0 radical (unpaired) electrons. The van der Waals surface area contributed by atoms with Crippen LogP contribution in [-0.2, 0) is 67.2 Å². The van der Waals surface area contributed by atoms with Crippen molar-refractivity contribution in [3.8, 4) is 59.7 Å². The summed E-state index contributed by atoms with van der Waals surface area (Å²) >= 11 is 11.2. The average molecular weight is 2250 g/mol. The second-order valence-corrected chi connectivity index (χ2v) is 30.8. The van der Waals surface area contributed by atoms with E-state index in [1.807, 2.05) is 47.9 Å². The van der Waals surface area contributed by atoms with Crippen molar-refractivity contribution < 1.29 is 155 Å². The molecule has 0 saturated carbocycles. The van der Waals surface area contributed by atoms with Crippen molar-refractivity contribution in [3.63, 3.8) is 0 Å². The molecule has 9 aromatic rings. The summed E-state index contributed by atoms with van der Waals surface area (Å²) in [5.41, 5.74) is 6.27. The van der Waals surface area contributed by atoms with Crippen LogP contribution in [0.25, 0.3) is 65.4 Å². The topological polar surface area (TPSA) is 555 Å². The van der Waals surface area contributed by atoms with Crippen LogP contribution in [-0.4, -0.2) is 338 Å². The summed E-state index contributed by atoms with van der Waals surface area (Å²) in [6.45, 7) is 0.998. The summed E-state index contributed by atoms with van der Waals surface area (Å²) < 4.78 is 44.3. The summed E-state index contributed by atoms with van der Waals surface area (Å²) in [4.78, 5) is 36.3. The van der Waals surface area contributed by atoms with Crippen LogP contribution in [0.2, 0.25) is 0 Å². The molecule has 0 amide bonds. The first kappa shape index (κ1) is 110. The molecule has 3 aromatic heterocycles. The Bertz CT molecular complexity index is 5300. The van der Waals surface area contributed by atoms with Gasteiger partial charge in [0.05, 0.1) is 79.3 Å². The molecular formula is C89H104Br2I3N3O31. The molecule has 6 aromatic carbocycles. The highest BCUT2D eigenvalue weighted by Gasteiger charge is 2.47. The molecule has 5 aliphatic rings. The maximum Gasteiger partial charge on any atom is 0.325 e. The fraction of sp³-hybridized carbons (Fsp3) is 0.449. The van der Waals surface area contributed by atoms with Crippen molar-refractivity contribution >= 4 is 176 Å². The molecule has 0 bridgehead atoms. The number of esters is 2. The number of ether oxygens (including phenoxy) is 7. The Morgan fingerprint density at radius 1 is 0.352 bits per heavy atom. The van der Waals surface area contributed by atoms with Gasteiger partial charge < -0.3 is 154 Å². The third-order valence-electron chi connectivity index (χ3n) is 21.1. The number of terminal acetylenes is 1. The van der Waals surface area contributed by atoms with Gasteiger partial charge in [0.1, 0.15) is 172 Å². The minimum atomic E-state index is -1.57. The van der Waals surface area contributed by atoms with Crippen LogP contribution in [0.1, 0.15) is 58.4 Å². The van der Waals surface area contributed by atoms with E-state index in [4.69, 9.17) is 44.7 Å². The largest absolute Gasteiger partial charge is 0.480 e. The lowest BCUT2D eigenvalue weighted by atomic mass is 9.95. The first-order chi connectivity index (χ1) is 59.3. The summed E-state index contributed by atoms with van der Waals surface area (Å²) in [5, 5.41) is 211. The number of hydrogen-bond donors (Lipinski definition) is 21. The Morgan fingerprint density at radius 2 is 0.562 bits per heavy atom. The molecule has 0 spiro atoms. The number of carboxylic acids is 1. The highest BCUT2D eigenvalue weighted by Crippen LogP contribution is 2.37. The number of aliphatic carboxylic acids is 1. The molecule has 128 heavy (non-hydrogen) atoms. The van der Waals surface area contributed by atoms with E-state index in [-0.39, 0.29) is 71.9 Å². The summed E-state index contributed by atoms with van der Waals surface area (Å²) in [5.74, 6) is 22.7. The minimum absolute atomic E-state index is 0. The molecule has 39 heteroatoms. The van der Waals surface area contributed by atoms with Crippen LogP contribution in [0, 0.1) is 59.7 Å². The Morgan fingerprint density at radius 3 is 0.781 bits per heavy atom. The Labute approximate surface area is 793 Å². The zero-order valence-electron chi connectivity index (χ0n) is 66.2. The second-order valence-electron chi connectivity index (χ2n) is 29.0. The molecule has 0 aliphatic carbocycles. The van der Waals surface area contributed by atoms with Gasteiger partial charge in [-0.1, -0.05) is 144 Å².